The number of methoxy groups -OCH3 is 1. The first kappa shape index (κ1) is 25.7. The van der Waals surface area contributed by atoms with Crippen molar-refractivity contribution in [3.8, 4) is 11.5 Å². The molecule has 0 saturated heterocycles. The van der Waals surface area contributed by atoms with Gasteiger partial charge in [0, 0.05) is 17.2 Å². The number of fused-ring (bicyclic) bond motifs is 6. The van der Waals surface area contributed by atoms with Crippen molar-refractivity contribution in [1.82, 2.24) is 0 Å². The topological polar surface area (TPSA) is 71.1 Å². The maximum absolute atomic E-state index is 11.8. The normalized spacial score (nSPS) is 18.9. The van der Waals surface area contributed by atoms with Crippen molar-refractivity contribution >= 4 is 23.9 Å². The molecule has 2 aliphatic rings. The lowest BCUT2D eigenvalue weighted by atomic mass is 9.83. The highest BCUT2D eigenvalue weighted by Gasteiger charge is 2.41. The molecule has 6 nitrogen and oxygen atoms in total. The molecule has 2 bridgehead atoms. The maximum atomic E-state index is 11.8. The standard InChI is InChI=1S/C30H34O6/c1-17(31)9-10-18-13-20(29(2,3)4)15-22-25(18)34-28-23-16-21(30(5,6)7)14-19(11-12-24(32)33-8)26(23)35-27(22)36-28/h9-16,27-28H,1-8H3/b10-9+,12-11+. The lowest BCUT2D eigenvalue weighted by Gasteiger charge is -2.40. The fraction of sp³-hybridized carbons (Fsp3) is 0.400. The summed E-state index contributed by atoms with van der Waals surface area (Å²) in [6, 6.07) is 8.15. The third-order valence-electron chi connectivity index (χ3n) is 6.33. The average molecular weight is 491 g/mol. The monoisotopic (exact) mass is 490 g/mol. The molecule has 0 spiro atoms. The third-order valence-corrected chi connectivity index (χ3v) is 6.33. The van der Waals surface area contributed by atoms with E-state index in [4.69, 9.17) is 18.9 Å². The molecular formula is C30H34O6. The predicted octanol–water partition coefficient (Wildman–Crippen LogP) is 6.57. The zero-order valence-corrected chi connectivity index (χ0v) is 22.2. The zero-order valence-electron chi connectivity index (χ0n) is 22.2. The number of rotatable bonds is 4. The largest absolute Gasteiger partial charge is 0.466 e. The molecule has 0 amide bonds. The Morgan fingerprint density at radius 2 is 1.22 bits per heavy atom. The Morgan fingerprint density at radius 1 is 0.778 bits per heavy atom. The number of carbonyl (C=O) groups excluding carboxylic acids is 2. The molecule has 190 valence electrons. The Balaban J connectivity index is 1.88. The number of benzene rings is 2. The Hall–Kier alpha value is -3.38. The Bertz CT molecular complexity index is 1270. The van der Waals surface area contributed by atoms with E-state index in [9.17, 15) is 9.59 Å². The molecule has 0 saturated carbocycles. The van der Waals surface area contributed by atoms with E-state index in [0.717, 1.165) is 33.4 Å². The number of hydrogen-bond donors (Lipinski definition) is 0. The van der Waals surface area contributed by atoms with E-state index < -0.39 is 18.5 Å². The first-order valence-electron chi connectivity index (χ1n) is 12.1. The summed E-state index contributed by atoms with van der Waals surface area (Å²) >= 11 is 0. The van der Waals surface area contributed by atoms with Crippen LogP contribution in [0.15, 0.2) is 36.4 Å². The Kier molecular flexibility index (Phi) is 6.60. The van der Waals surface area contributed by atoms with Gasteiger partial charge in [-0.3, -0.25) is 9.53 Å². The van der Waals surface area contributed by atoms with Gasteiger partial charge in [-0.1, -0.05) is 41.5 Å². The van der Waals surface area contributed by atoms with Crippen molar-refractivity contribution in [2.45, 2.75) is 71.9 Å². The van der Waals surface area contributed by atoms with Gasteiger partial charge >= 0.3 is 5.97 Å². The van der Waals surface area contributed by atoms with Crippen LogP contribution in [0.3, 0.4) is 0 Å². The van der Waals surface area contributed by atoms with Gasteiger partial charge < -0.3 is 14.2 Å². The van der Waals surface area contributed by atoms with Crippen LogP contribution in [0, 0.1) is 0 Å². The second-order valence-corrected chi connectivity index (χ2v) is 11.3. The molecule has 0 aliphatic carbocycles. The fourth-order valence-electron chi connectivity index (χ4n) is 4.17. The summed E-state index contributed by atoms with van der Waals surface area (Å²) in [5.74, 6) is 0.753. The highest BCUT2D eigenvalue weighted by Crippen LogP contribution is 2.52. The summed E-state index contributed by atoms with van der Waals surface area (Å²) in [6.45, 7) is 14.2. The minimum Gasteiger partial charge on any atom is -0.466 e. The first-order chi connectivity index (χ1) is 16.8. The molecule has 2 aliphatic heterocycles. The molecule has 2 aromatic rings. The first-order valence-corrected chi connectivity index (χ1v) is 12.1. The summed E-state index contributed by atoms with van der Waals surface area (Å²) in [7, 11) is 1.35. The summed E-state index contributed by atoms with van der Waals surface area (Å²) in [5, 5.41) is 0. The second kappa shape index (κ2) is 9.25. The zero-order chi connectivity index (χ0) is 26.4. The van der Waals surface area contributed by atoms with Crippen LogP contribution in [0.4, 0.5) is 0 Å². The van der Waals surface area contributed by atoms with Gasteiger partial charge in [-0.05, 0) is 71.4 Å². The number of hydrogen-bond acceptors (Lipinski definition) is 6. The van der Waals surface area contributed by atoms with Gasteiger partial charge in [-0.15, -0.1) is 0 Å². The molecule has 2 heterocycles. The van der Waals surface area contributed by atoms with Crippen molar-refractivity contribution in [1.29, 1.82) is 0 Å². The van der Waals surface area contributed by atoms with Crippen LogP contribution in [0.5, 0.6) is 11.5 Å². The van der Waals surface area contributed by atoms with Crippen molar-refractivity contribution in [3.63, 3.8) is 0 Å². The van der Waals surface area contributed by atoms with E-state index in [-0.39, 0.29) is 16.6 Å². The van der Waals surface area contributed by atoms with Crippen molar-refractivity contribution in [2.24, 2.45) is 0 Å². The summed E-state index contributed by atoms with van der Waals surface area (Å²) in [4.78, 5) is 23.6. The van der Waals surface area contributed by atoms with E-state index in [0.29, 0.717) is 11.5 Å². The maximum Gasteiger partial charge on any atom is 0.330 e. The molecule has 2 atom stereocenters. The molecule has 36 heavy (non-hydrogen) atoms. The molecule has 0 radical (unpaired) electrons. The van der Waals surface area contributed by atoms with E-state index in [2.05, 4.69) is 47.6 Å². The summed E-state index contributed by atoms with van der Waals surface area (Å²) in [6.07, 6.45) is 5.00. The number of allylic oxidation sites excluding steroid dienone is 1. The highest BCUT2D eigenvalue weighted by molar-refractivity contribution is 5.92. The quantitative estimate of drug-likeness (QED) is 0.357. The van der Waals surface area contributed by atoms with Gasteiger partial charge in [0.05, 0.1) is 18.2 Å². The lowest BCUT2D eigenvalue weighted by molar-refractivity contribution is -0.227. The van der Waals surface area contributed by atoms with Gasteiger partial charge in [-0.2, -0.15) is 0 Å². The summed E-state index contributed by atoms with van der Waals surface area (Å²) < 4.78 is 23.9. The summed E-state index contributed by atoms with van der Waals surface area (Å²) in [5.41, 5.74) is 4.86. The van der Waals surface area contributed by atoms with Gasteiger partial charge in [0.15, 0.2) is 5.78 Å². The van der Waals surface area contributed by atoms with Crippen molar-refractivity contribution < 1.29 is 28.5 Å². The SMILES string of the molecule is COC(=O)/C=C/c1cc(C(C)(C)C)cc2c1OC1OC2Oc2c(/C=C/C(C)=O)cc(C(C)(C)C)cc21. The van der Waals surface area contributed by atoms with Gasteiger partial charge in [-0.25, -0.2) is 4.79 Å². The molecule has 0 aromatic heterocycles. The molecule has 0 fully saturated rings. The molecule has 2 unspecified atom stereocenters. The molecule has 6 heteroatoms. The fourth-order valence-corrected chi connectivity index (χ4v) is 4.17. The van der Waals surface area contributed by atoms with Crippen molar-refractivity contribution in [2.75, 3.05) is 7.11 Å². The van der Waals surface area contributed by atoms with Crippen molar-refractivity contribution in [3.05, 3.63) is 69.8 Å². The number of esters is 1. The van der Waals surface area contributed by atoms with Crippen LogP contribution >= 0.6 is 0 Å². The van der Waals surface area contributed by atoms with E-state index in [1.165, 1.54) is 20.1 Å². The molecular weight excluding hydrogens is 456 g/mol. The van der Waals surface area contributed by atoms with Crippen LogP contribution in [-0.4, -0.2) is 18.9 Å². The minimum absolute atomic E-state index is 0.0457. The molecule has 2 aromatic carbocycles. The Morgan fingerprint density at radius 3 is 1.61 bits per heavy atom. The molecule has 4 rings (SSSR count). The number of carbonyl (C=O) groups is 2. The Labute approximate surface area is 212 Å². The van der Waals surface area contributed by atoms with Gasteiger partial charge in [0.2, 0.25) is 12.6 Å². The number of ether oxygens (including phenoxy) is 4. The average Bonchev–Trinajstić information content (AvgIpc) is 2.79. The van der Waals surface area contributed by atoms with E-state index in [1.54, 1.807) is 18.2 Å². The van der Waals surface area contributed by atoms with Gasteiger partial charge in [0.1, 0.15) is 11.5 Å². The minimum atomic E-state index is -0.705. The second-order valence-electron chi connectivity index (χ2n) is 11.3. The lowest BCUT2D eigenvalue weighted by Crippen LogP contribution is -2.32. The smallest absolute Gasteiger partial charge is 0.330 e. The van der Waals surface area contributed by atoms with Crippen LogP contribution in [0.1, 0.15) is 94.4 Å². The highest BCUT2D eigenvalue weighted by atomic mass is 16.8. The molecule has 0 N–H and O–H groups in total. The van der Waals surface area contributed by atoms with Gasteiger partial charge in [0.25, 0.3) is 0 Å². The predicted molar refractivity (Wildman–Crippen MR) is 139 cm³/mol. The van der Waals surface area contributed by atoms with E-state index in [1.807, 2.05) is 18.2 Å². The van der Waals surface area contributed by atoms with E-state index >= 15 is 0 Å². The van der Waals surface area contributed by atoms with Crippen LogP contribution in [-0.2, 0) is 29.9 Å². The van der Waals surface area contributed by atoms with Crippen LogP contribution in [0.2, 0.25) is 0 Å². The third kappa shape index (κ3) is 5.09. The number of ketones is 1. The van der Waals surface area contributed by atoms with Crippen LogP contribution in [0.25, 0.3) is 12.2 Å². The van der Waals surface area contributed by atoms with Crippen LogP contribution < -0.4 is 9.47 Å².